The van der Waals surface area contributed by atoms with Crippen LogP contribution in [0.1, 0.15) is 50.9 Å². The fraction of sp³-hybridized carbons (Fsp3) is 0.524. The van der Waals surface area contributed by atoms with E-state index in [1.54, 1.807) is 30.1 Å². The monoisotopic (exact) mass is 398 g/mol. The molecule has 2 heterocycles. The van der Waals surface area contributed by atoms with Gasteiger partial charge in [-0.3, -0.25) is 9.48 Å². The van der Waals surface area contributed by atoms with Gasteiger partial charge in [0.15, 0.2) is 11.4 Å². The summed E-state index contributed by atoms with van der Waals surface area (Å²) in [4.78, 5) is 16.6. The minimum Gasteiger partial charge on any atom is -0.487 e. The number of aliphatic hydroxyl groups excluding tert-OH is 1. The van der Waals surface area contributed by atoms with Gasteiger partial charge in [-0.15, -0.1) is 0 Å². The number of carbonyl (C=O) groups excluding carboxylic acids is 1. The van der Waals surface area contributed by atoms with E-state index < -0.39 is 0 Å². The molecule has 29 heavy (non-hydrogen) atoms. The molecule has 0 aromatic carbocycles. The van der Waals surface area contributed by atoms with Crippen molar-refractivity contribution < 1.29 is 19.4 Å². The molecular formula is C21H26N4O4. The number of rotatable bonds is 6. The van der Waals surface area contributed by atoms with Crippen molar-refractivity contribution in [2.24, 2.45) is 13.0 Å². The molecule has 2 atom stereocenters. The van der Waals surface area contributed by atoms with E-state index in [2.05, 4.69) is 16.2 Å². The summed E-state index contributed by atoms with van der Waals surface area (Å²) in [5.41, 5.74) is 2.01. The molecule has 8 heteroatoms. The fourth-order valence-corrected chi connectivity index (χ4v) is 3.61. The van der Waals surface area contributed by atoms with Crippen LogP contribution in [-0.4, -0.2) is 38.0 Å². The van der Waals surface area contributed by atoms with Gasteiger partial charge in [0.2, 0.25) is 0 Å². The summed E-state index contributed by atoms with van der Waals surface area (Å²) in [5.74, 6) is 0.0281. The van der Waals surface area contributed by atoms with Gasteiger partial charge in [0, 0.05) is 12.6 Å². The smallest absolute Gasteiger partial charge is 0.309 e. The Morgan fingerprint density at radius 2 is 2.21 bits per heavy atom. The fourth-order valence-electron chi connectivity index (χ4n) is 3.61. The van der Waals surface area contributed by atoms with Crippen LogP contribution in [0.4, 0.5) is 0 Å². The van der Waals surface area contributed by atoms with Crippen LogP contribution in [0, 0.1) is 17.2 Å². The number of nitrogens with zero attached hydrogens (tertiary/aromatic N) is 4. The summed E-state index contributed by atoms with van der Waals surface area (Å²) < 4.78 is 13.0. The normalized spacial score (nSPS) is 19.0. The van der Waals surface area contributed by atoms with Crippen molar-refractivity contribution in [2.75, 3.05) is 0 Å². The lowest BCUT2D eigenvalue weighted by molar-refractivity contribution is -0.154. The maximum atomic E-state index is 12.2. The third-order valence-electron chi connectivity index (χ3n) is 5.06. The zero-order valence-corrected chi connectivity index (χ0v) is 17.0. The number of nitriles is 1. The lowest BCUT2D eigenvalue weighted by Gasteiger charge is -2.29. The first kappa shape index (κ1) is 20.8. The first-order chi connectivity index (χ1) is 13.9. The van der Waals surface area contributed by atoms with Crippen LogP contribution in [0.25, 0.3) is 11.3 Å². The average molecular weight is 398 g/mol. The van der Waals surface area contributed by atoms with E-state index in [0.29, 0.717) is 29.1 Å². The molecule has 3 rings (SSSR count). The zero-order valence-electron chi connectivity index (χ0n) is 17.0. The van der Waals surface area contributed by atoms with Crippen molar-refractivity contribution >= 4 is 5.97 Å². The lowest BCUT2D eigenvalue weighted by Crippen LogP contribution is -2.32. The Hall–Kier alpha value is -2.92. The van der Waals surface area contributed by atoms with Gasteiger partial charge in [-0.1, -0.05) is 0 Å². The van der Waals surface area contributed by atoms with Gasteiger partial charge in [0.1, 0.15) is 6.07 Å². The molecule has 0 unspecified atom stereocenters. The molecule has 1 aliphatic rings. The molecule has 0 bridgehead atoms. The summed E-state index contributed by atoms with van der Waals surface area (Å²) in [6, 6.07) is 5.55. The molecule has 1 N–H and O–H groups in total. The molecule has 1 aliphatic carbocycles. The number of esters is 1. The molecule has 8 nitrogen and oxygen atoms in total. The van der Waals surface area contributed by atoms with Crippen LogP contribution in [0.3, 0.4) is 0 Å². The molecule has 0 amide bonds. The standard InChI is InChI=1S/C21H26N4O4/c1-13(2)28-21(27)14-5-4-6-15(9-14)29-20-8-7-17(24-18(20)10-22)16-11-23-25(3)19(16)12-26/h7-8,11,13-15,26H,4-6,9,12H2,1-3H3/t14-,15-/m0/s1. The maximum absolute atomic E-state index is 12.2. The van der Waals surface area contributed by atoms with Gasteiger partial charge in [-0.2, -0.15) is 10.4 Å². The Bertz CT molecular complexity index is 916. The lowest BCUT2D eigenvalue weighted by atomic mass is 9.87. The highest BCUT2D eigenvalue weighted by molar-refractivity contribution is 5.72. The second-order valence-corrected chi connectivity index (χ2v) is 7.53. The number of pyridine rings is 1. The average Bonchev–Trinajstić information content (AvgIpc) is 3.08. The van der Waals surface area contributed by atoms with Gasteiger partial charge < -0.3 is 14.6 Å². The van der Waals surface area contributed by atoms with Gasteiger partial charge >= 0.3 is 5.97 Å². The quantitative estimate of drug-likeness (QED) is 0.745. The van der Waals surface area contributed by atoms with Crippen LogP contribution in [0.5, 0.6) is 5.75 Å². The second kappa shape index (κ2) is 9.05. The summed E-state index contributed by atoms with van der Waals surface area (Å²) in [7, 11) is 1.74. The molecule has 1 saturated carbocycles. The van der Waals surface area contributed by atoms with Crippen LogP contribution in [-0.2, 0) is 23.2 Å². The van der Waals surface area contributed by atoms with Gasteiger partial charge in [-0.25, -0.2) is 4.98 Å². The Morgan fingerprint density at radius 1 is 1.41 bits per heavy atom. The summed E-state index contributed by atoms with van der Waals surface area (Å²) in [6.07, 6.45) is 4.35. The molecule has 1 fully saturated rings. The van der Waals surface area contributed by atoms with Crippen LogP contribution < -0.4 is 4.74 Å². The maximum Gasteiger partial charge on any atom is 0.309 e. The van der Waals surface area contributed by atoms with E-state index in [9.17, 15) is 15.2 Å². The van der Waals surface area contributed by atoms with Gasteiger partial charge in [-0.05, 0) is 51.7 Å². The van der Waals surface area contributed by atoms with Crippen molar-refractivity contribution in [1.29, 1.82) is 5.26 Å². The van der Waals surface area contributed by atoms with E-state index in [-0.39, 0.29) is 36.4 Å². The molecule has 2 aromatic heterocycles. The van der Waals surface area contributed by atoms with Crippen LogP contribution >= 0.6 is 0 Å². The van der Waals surface area contributed by atoms with Crippen molar-refractivity contribution in [1.82, 2.24) is 14.8 Å². The SMILES string of the molecule is CC(C)OC(=O)[C@H]1CCC[C@H](Oc2ccc(-c3cnn(C)c3CO)nc2C#N)C1. The topological polar surface area (TPSA) is 110 Å². The summed E-state index contributed by atoms with van der Waals surface area (Å²) in [5, 5.41) is 23.2. The number of aromatic nitrogens is 3. The zero-order chi connectivity index (χ0) is 21.0. The predicted molar refractivity (Wildman–Crippen MR) is 105 cm³/mol. The minimum atomic E-state index is -0.185. The first-order valence-electron chi connectivity index (χ1n) is 9.83. The van der Waals surface area contributed by atoms with E-state index in [1.807, 2.05) is 13.8 Å². The highest BCUT2D eigenvalue weighted by Gasteiger charge is 2.30. The number of hydrogen-bond acceptors (Lipinski definition) is 7. The molecule has 0 saturated heterocycles. The number of hydrogen-bond donors (Lipinski definition) is 1. The van der Waals surface area contributed by atoms with Crippen molar-refractivity contribution in [3.63, 3.8) is 0 Å². The predicted octanol–water partition coefficient (Wildman–Crippen LogP) is 2.74. The van der Waals surface area contributed by atoms with Crippen molar-refractivity contribution in [3.05, 3.63) is 29.7 Å². The molecular weight excluding hydrogens is 372 g/mol. The molecule has 154 valence electrons. The van der Waals surface area contributed by atoms with Gasteiger partial charge in [0.05, 0.1) is 42.3 Å². The molecule has 0 aliphatic heterocycles. The summed E-state index contributed by atoms with van der Waals surface area (Å²) in [6.45, 7) is 3.50. The van der Waals surface area contributed by atoms with Crippen LogP contribution in [0.15, 0.2) is 18.3 Å². The van der Waals surface area contributed by atoms with E-state index in [4.69, 9.17) is 9.47 Å². The van der Waals surface area contributed by atoms with Crippen LogP contribution in [0.2, 0.25) is 0 Å². The highest BCUT2D eigenvalue weighted by atomic mass is 16.5. The third kappa shape index (κ3) is 4.74. The number of carbonyl (C=O) groups is 1. The van der Waals surface area contributed by atoms with E-state index >= 15 is 0 Å². The molecule has 0 spiro atoms. The number of aliphatic hydroxyl groups is 1. The molecule has 0 radical (unpaired) electrons. The Labute approximate surface area is 170 Å². The van der Waals surface area contributed by atoms with Crippen molar-refractivity contribution in [3.8, 4) is 23.1 Å². The molecule has 2 aromatic rings. The number of aryl methyl sites for hydroxylation is 1. The Morgan fingerprint density at radius 3 is 2.90 bits per heavy atom. The number of ether oxygens (including phenoxy) is 2. The summed E-state index contributed by atoms with van der Waals surface area (Å²) >= 11 is 0. The third-order valence-corrected chi connectivity index (χ3v) is 5.06. The highest BCUT2D eigenvalue weighted by Crippen LogP contribution is 2.31. The Balaban J connectivity index is 1.76. The second-order valence-electron chi connectivity index (χ2n) is 7.53. The largest absolute Gasteiger partial charge is 0.487 e. The first-order valence-corrected chi connectivity index (χ1v) is 9.83. The Kier molecular flexibility index (Phi) is 6.49. The minimum absolute atomic E-state index is 0.137. The van der Waals surface area contributed by atoms with E-state index in [0.717, 1.165) is 19.3 Å². The van der Waals surface area contributed by atoms with Crippen molar-refractivity contribution in [2.45, 2.75) is 58.3 Å². The van der Waals surface area contributed by atoms with E-state index in [1.165, 1.54) is 0 Å². The van der Waals surface area contributed by atoms with Gasteiger partial charge in [0.25, 0.3) is 0 Å².